The zero-order valence-electron chi connectivity index (χ0n) is 40.0. The Morgan fingerprint density at radius 2 is 1.59 bits per heavy atom. The highest BCUT2D eigenvalue weighted by molar-refractivity contribution is 6.47. The Hall–Kier alpha value is -4.80. The third kappa shape index (κ3) is 12.4. The standard InChI is InChI=1S/C50H74BN7O8/c1-7-8-14-33-19-21-34(22-20-33)35-23-25-36(26-24-35)45(61)57-39(15-9-11-27-52)48(64)58-40-17-13-18-43(59)53-28-12-10-16-38(56-44(60)31(2)54-46(40)62)47(63)55-32(3)51-65-42-30-37-29-41(49(37,4)5)50(42,6)66-51/h19-26,31-32,37-42H,7-18,27-30,52H2,1-6H3,(H,53,59)(H,54,62)(H,55,63)(H,56,60)(H,57,61)(H,58,64)/t31-,32-,37-,38-,39-,40-,41-,42+,50-/m0/s1. The van der Waals surface area contributed by atoms with Crippen LogP contribution in [0.3, 0.4) is 0 Å². The molecular weight excluding hydrogens is 837 g/mol. The number of unbranched alkanes of at least 4 members (excludes halogenated alkanes) is 2. The van der Waals surface area contributed by atoms with Crippen LogP contribution in [-0.4, -0.2) is 97.5 Å². The normalized spacial score (nSPS) is 27.7. The van der Waals surface area contributed by atoms with E-state index in [9.17, 15) is 28.8 Å². The summed E-state index contributed by atoms with van der Waals surface area (Å²) in [7, 11) is -0.648. The molecule has 2 aromatic carbocycles. The molecule has 3 aliphatic carbocycles. The summed E-state index contributed by atoms with van der Waals surface area (Å²) in [5, 5.41) is 17.2. The highest BCUT2D eigenvalue weighted by Crippen LogP contribution is 2.65. The van der Waals surface area contributed by atoms with E-state index >= 15 is 0 Å². The molecule has 9 atom stereocenters. The van der Waals surface area contributed by atoms with E-state index in [0.717, 1.165) is 43.2 Å². The van der Waals surface area contributed by atoms with Crippen molar-refractivity contribution in [1.82, 2.24) is 31.9 Å². The molecule has 16 heteroatoms. The molecule has 0 unspecified atom stereocenters. The summed E-state index contributed by atoms with van der Waals surface area (Å²) < 4.78 is 13.0. The summed E-state index contributed by atoms with van der Waals surface area (Å²) in [6.45, 7) is 13.0. The van der Waals surface area contributed by atoms with Crippen LogP contribution in [0.5, 0.6) is 0 Å². The zero-order valence-corrected chi connectivity index (χ0v) is 40.0. The number of nitrogens with two attached hydrogens (primary N) is 1. The molecule has 0 radical (unpaired) electrons. The molecule has 0 aromatic heterocycles. The van der Waals surface area contributed by atoms with E-state index in [1.165, 1.54) is 12.5 Å². The summed E-state index contributed by atoms with van der Waals surface area (Å²) >= 11 is 0. The second kappa shape index (κ2) is 22.8. The average molecular weight is 912 g/mol. The number of rotatable bonds is 15. The Kier molecular flexibility index (Phi) is 17.5. The minimum Gasteiger partial charge on any atom is -0.404 e. The van der Waals surface area contributed by atoms with E-state index in [-0.39, 0.29) is 43.1 Å². The molecule has 2 aliphatic heterocycles. The summed E-state index contributed by atoms with van der Waals surface area (Å²) in [6.07, 6.45) is 8.59. The van der Waals surface area contributed by atoms with Crippen molar-refractivity contribution in [3.05, 3.63) is 59.7 Å². The smallest absolute Gasteiger partial charge is 0.404 e. The third-order valence-electron chi connectivity index (χ3n) is 14.7. The molecule has 0 spiro atoms. The van der Waals surface area contributed by atoms with Crippen LogP contribution in [-0.2, 0) is 39.7 Å². The first-order chi connectivity index (χ1) is 31.5. The lowest BCUT2D eigenvalue weighted by Crippen LogP contribution is -2.65. The number of benzene rings is 2. The van der Waals surface area contributed by atoms with Gasteiger partial charge in [-0.2, -0.15) is 0 Å². The molecule has 2 heterocycles. The van der Waals surface area contributed by atoms with Crippen LogP contribution in [0.15, 0.2) is 48.5 Å². The van der Waals surface area contributed by atoms with Crippen LogP contribution >= 0.6 is 0 Å². The molecule has 360 valence electrons. The summed E-state index contributed by atoms with van der Waals surface area (Å²) in [6, 6.07) is 11.4. The average Bonchev–Trinajstić information content (AvgIpc) is 3.67. The Morgan fingerprint density at radius 3 is 2.27 bits per heavy atom. The van der Waals surface area contributed by atoms with E-state index in [1.54, 1.807) is 12.1 Å². The Labute approximate surface area is 391 Å². The molecule has 3 saturated carbocycles. The van der Waals surface area contributed by atoms with Gasteiger partial charge in [0, 0.05) is 18.5 Å². The summed E-state index contributed by atoms with van der Waals surface area (Å²) in [5.74, 6) is -2.41. The number of aryl methyl sites for hydroxylation is 1. The highest BCUT2D eigenvalue weighted by atomic mass is 16.7. The van der Waals surface area contributed by atoms with E-state index in [0.29, 0.717) is 62.6 Å². The van der Waals surface area contributed by atoms with Gasteiger partial charge in [-0.25, -0.2) is 0 Å². The molecular formula is C50H74BN7O8. The third-order valence-corrected chi connectivity index (χ3v) is 14.7. The van der Waals surface area contributed by atoms with Crippen molar-refractivity contribution in [2.45, 2.75) is 173 Å². The van der Waals surface area contributed by atoms with Crippen molar-refractivity contribution in [2.24, 2.45) is 23.0 Å². The number of nitrogens with one attached hydrogen (secondary N) is 6. The summed E-state index contributed by atoms with van der Waals surface area (Å²) in [5.41, 5.74) is 9.14. The maximum atomic E-state index is 14.0. The van der Waals surface area contributed by atoms with Crippen molar-refractivity contribution in [1.29, 1.82) is 0 Å². The molecule has 6 amide bonds. The van der Waals surface area contributed by atoms with Crippen LogP contribution in [0.2, 0.25) is 0 Å². The van der Waals surface area contributed by atoms with Gasteiger partial charge >= 0.3 is 7.12 Å². The van der Waals surface area contributed by atoms with Crippen LogP contribution in [0.1, 0.15) is 141 Å². The van der Waals surface area contributed by atoms with Gasteiger partial charge in [0.05, 0.1) is 17.6 Å². The van der Waals surface area contributed by atoms with Crippen LogP contribution < -0.4 is 37.6 Å². The van der Waals surface area contributed by atoms with Gasteiger partial charge in [0.2, 0.25) is 29.5 Å². The van der Waals surface area contributed by atoms with E-state index in [2.05, 4.69) is 83.9 Å². The van der Waals surface area contributed by atoms with Crippen molar-refractivity contribution >= 4 is 42.6 Å². The number of amides is 6. The number of carbonyl (C=O) groups is 6. The number of hydrogen-bond donors (Lipinski definition) is 7. The second-order valence-electron chi connectivity index (χ2n) is 19.9. The Bertz CT molecular complexity index is 2020. The lowest BCUT2D eigenvalue weighted by atomic mass is 9.43. The van der Waals surface area contributed by atoms with Gasteiger partial charge in [0.15, 0.2) is 0 Å². The van der Waals surface area contributed by atoms with Crippen LogP contribution in [0.4, 0.5) is 0 Å². The van der Waals surface area contributed by atoms with E-state index < -0.39 is 72.4 Å². The van der Waals surface area contributed by atoms with Crippen molar-refractivity contribution in [3.63, 3.8) is 0 Å². The Balaban J connectivity index is 1.08. The van der Waals surface area contributed by atoms with Gasteiger partial charge in [-0.05, 0) is 150 Å². The lowest BCUT2D eigenvalue weighted by molar-refractivity contribution is -0.199. The first-order valence-electron chi connectivity index (χ1n) is 24.6. The van der Waals surface area contributed by atoms with E-state index in [4.69, 9.17) is 15.0 Å². The predicted molar refractivity (Wildman–Crippen MR) is 255 cm³/mol. The van der Waals surface area contributed by atoms with Gasteiger partial charge in [-0.15, -0.1) is 0 Å². The first kappa shape index (κ1) is 50.6. The SMILES string of the molecule is CCCCc1ccc(-c2ccc(C(=O)N[C@@H](CCCCN)C(=O)N[C@H]3CCCC(=O)NCCCC[C@@H](C(=O)N[C@@H](C)B4O[C@@H]5C[C@@H]6C[C@@H](C6(C)C)[C@]5(C)O4)NC(=O)[C@H](C)NC3=O)cc2)cc1. The van der Waals surface area contributed by atoms with Gasteiger partial charge < -0.3 is 46.9 Å². The minimum absolute atomic E-state index is 0.0532. The molecule has 2 aromatic rings. The predicted octanol–water partition coefficient (Wildman–Crippen LogP) is 4.64. The molecule has 7 rings (SSSR count). The molecule has 2 saturated heterocycles. The van der Waals surface area contributed by atoms with Crippen LogP contribution in [0.25, 0.3) is 11.1 Å². The topological polar surface area (TPSA) is 219 Å². The van der Waals surface area contributed by atoms with Gasteiger partial charge in [0.1, 0.15) is 24.2 Å². The fourth-order valence-corrected chi connectivity index (χ4v) is 10.3. The van der Waals surface area contributed by atoms with Crippen molar-refractivity contribution < 1.29 is 38.1 Å². The zero-order chi connectivity index (χ0) is 47.6. The van der Waals surface area contributed by atoms with Gasteiger partial charge in [0.25, 0.3) is 5.91 Å². The second-order valence-corrected chi connectivity index (χ2v) is 19.9. The highest BCUT2D eigenvalue weighted by Gasteiger charge is 2.68. The quantitative estimate of drug-likeness (QED) is 0.0977. The molecule has 66 heavy (non-hydrogen) atoms. The fraction of sp³-hybridized carbons (Fsp3) is 0.640. The molecule has 15 nitrogen and oxygen atoms in total. The van der Waals surface area contributed by atoms with Crippen molar-refractivity contribution in [3.8, 4) is 11.1 Å². The van der Waals surface area contributed by atoms with E-state index in [1.807, 2.05) is 19.1 Å². The monoisotopic (exact) mass is 912 g/mol. The summed E-state index contributed by atoms with van der Waals surface area (Å²) in [4.78, 5) is 81.9. The fourth-order valence-electron chi connectivity index (χ4n) is 10.3. The molecule has 5 aliphatic rings. The maximum Gasteiger partial charge on any atom is 0.481 e. The van der Waals surface area contributed by atoms with Crippen LogP contribution in [0, 0.1) is 17.3 Å². The van der Waals surface area contributed by atoms with Gasteiger partial charge in [-0.1, -0.05) is 63.6 Å². The Morgan fingerprint density at radius 1 is 0.879 bits per heavy atom. The molecule has 5 fully saturated rings. The first-order valence-corrected chi connectivity index (χ1v) is 24.6. The molecule has 8 N–H and O–H groups in total. The molecule has 2 bridgehead atoms. The lowest BCUT2D eigenvalue weighted by Gasteiger charge is -2.64. The van der Waals surface area contributed by atoms with Gasteiger partial charge in [-0.3, -0.25) is 28.8 Å². The number of hydrogen-bond acceptors (Lipinski definition) is 9. The van der Waals surface area contributed by atoms with Crippen molar-refractivity contribution in [2.75, 3.05) is 13.1 Å². The number of carbonyl (C=O) groups excluding carboxylic acids is 6. The largest absolute Gasteiger partial charge is 0.481 e. The minimum atomic E-state index is -1.14. The maximum absolute atomic E-state index is 14.0.